The summed E-state index contributed by atoms with van der Waals surface area (Å²) in [4.78, 5) is 13.5. The lowest BCUT2D eigenvalue weighted by molar-refractivity contribution is -0.609. The van der Waals surface area contributed by atoms with E-state index < -0.39 is 0 Å². The third kappa shape index (κ3) is 3.18. The molecule has 136 valence electrons. The minimum atomic E-state index is 0.328. The average Bonchev–Trinajstić information content (AvgIpc) is 3.21. The smallest absolute Gasteiger partial charge is 0.240 e. The van der Waals surface area contributed by atoms with Crippen LogP contribution in [0, 0.1) is 0 Å². The van der Waals surface area contributed by atoms with E-state index in [-0.39, 0.29) is 0 Å². The van der Waals surface area contributed by atoms with Crippen LogP contribution in [0.15, 0.2) is 55.4 Å². The first-order chi connectivity index (χ1) is 13.0. The molecule has 0 saturated carbocycles. The summed E-state index contributed by atoms with van der Waals surface area (Å²) in [5.74, 6) is 1.47. The van der Waals surface area contributed by atoms with E-state index in [9.17, 15) is 0 Å². The molecule has 0 aliphatic heterocycles. The third-order valence-corrected chi connectivity index (χ3v) is 4.67. The first kappa shape index (κ1) is 17.3. The van der Waals surface area contributed by atoms with Crippen LogP contribution in [0.5, 0.6) is 0 Å². The molecule has 0 bridgehead atoms. The highest BCUT2D eigenvalue weighted by Crippen LogP contribution is 2.23. The molecule has 4 rings (SSSR count). The van der Waals surface area contributed by atoms with E-state index in [0.717, 1.165) is 33.8 Å². The van der Waals surface area contributed by atoms with Gasteiger partial charge in [-0.05, 0) is 35.2 Å². The molecular weight excluding hydrogens is 336 g/mol. The van der Waals surface area contributed by atoms with Gasteiger partial charge in [0.05, 0.1) is 17.3 Å². The van der Waals surface area contributed by atoms with Crippen LogP contribution in [0.4, 0.5) is 0 Å². The van der Waals surface area contributed by atoms with Gasteiger partial charge < -0.3 is 0 Å². The lowest BCUT2D eigenvalue weighted by Gasteiger charge is -2.12. The molecule has 0 aliphatic rings. The molecule has 3 heterocycles. The van der Waals surface area contributed by atoms with Crippen molar-refractivity contribution in [1.29, 1.82) is 0 Å². The molecule has 0 spiro atoms. The van der Waals surface area contributed by atoms with Crippen molar-refractivity contribution in [2.75, 3.05) is 0 Å². The molecule has 0 fully saturated rings. The Kier molecular flexibility index (Phi) is 4.39. The molecule has 0 amide bonds. The Labute approximate surface area is 158 Å². The largest absolute Gasteiger partial charge is 0.294 e. The molecule has 6 nitrogen and oxygen atoms in total. The van der Waals surface area contributed by atoms with Crippen molar-refractivity contribution in [2.24, 2.45) is 0 Å². The van der Waals surface area contributed by atoms with E-state index in [2.05, 4.69) is 76.6 Å². The van der Waals surface area contributed by atoms with Crippen molar-refractivity contribution in [3.8, 4) is 11.5 Å². The van der Waals surface area contributed by atoms with Crippen molar-refractivity contribution in [3.05, 3.63) is 66.8 Å². The summed E-state index contributed by atoms with van der Waals surface area (Å²) in [5, 5.41) is 5.38. The minimum Gasteiger partial charge on any atom is -0.240 e. The Bertz CT molecular complexity index is 1080. The van der Waals surface area contributed by atoms with Gasteiger partial charge in [0.15, 0.2) is 0 Å². The summed E-state index contributed by atoms with van der Waals surface area (Å²) < 4.78 is 3.91. The van der Waals surface area contributed by atoms with Crippen LogP contribution in [-0.2, 0) is 0 Å². The highest BCUT2D eigenvalue weighted by Gasteiger charge is 2.19. The lowest BCUT2D eigenvalue weighted by Crippen LogP contribution is -2.37. The van der Waals surface area contributed by atoms with E-state index in [1.165, 1.54) is 0 Å². The molecule has 0 radical (unpaired) electrons. The van der Waals surface area contributed by atoms with Crippen molar-refractivity contribution >= 4 is 10.9 Å². The highest BCUT2D eigenvalue weighted by atomic mass is 15.3. The Hall–Kier alpha value is -3.15. The predicted molar refractivity (Wildman–Crippen MR) is 104 cm³/mol. The van der Waals surface area contributed by atoms with Gasteiger partial charge in [-0.15, -0.1) is 0 Å². The van der Waals surface area contributed by atoms with Gasteiger partial charge in [-0.2, -0.15) is 9.67 Å². The average molecular weight is 359 g/mol. The summed E-state index contributed by atoms with van der Waals surface area (Å²) in [6, 6.07) is 10.3. The first-order valence-electron chi connectivity index (χ1n) is 9.21. The standard InChI is InChI=1S/C21H23N6/c1-14(2)19-11-20(27-9-5-8-25-27)24-13-26(19)16-6-7-18-17(10-16)21(15(3)4)23-12-22-18/h5-15H,1-4H3/q+1. The monoisotopic (exact) mass is 359 g/mol. The molecule has 0 unspecified atom stereocenters. The van der Waals surface area contributed by atoms with E-state index >= 15 is 0 Å². The Morgan fingerprint density at radius 3 is 2.52 bits per heavy atom. The summed E-state index contributed by atoms with van der Waals surface area (Å²) in [6.45, 7) is 8.67. The van der Waals surface area contributed by atoms with Crippen LogP contribution in [0.1, 0.15) is 50.9 Å². The third-order valence-electron chi connectivity index (χ3n) is 4.67. The van der Waals surface area contributed by atoms with Crippen LogP contribution in [-0.4, -0.2) is 24.7 Å². The fourth-order valence-corrected chi connectivity index (χ4v) is 3.29. The van der Waals surface area contributed by atoms with Gasteiger partial charge in [0.2, 0.25) is 0 Å². The zero-order chi connectivity index (χ0) is 19.0. The SMILES string of the molecule is CC(C)c1ncnc2ccc(-[n+]3cnc(-n4cccn4)cc3C(C)C)cc12. The van der Waals surface area contributed by atoms with E-state index in [1.54, 1.807) is 17.2 Å². The molecule has 1 aromatic carbocycles. The Balaban J connectivity index is 1.89. The molecule has 27 heavy (non-hydrogen) atoms. The summed E-state index contributed by atoms with van der Waals surface area (Å²) in [7, 11) is 0. The Morgan fingerprint density at radius 1 is 0.963 bits per heavy atom. The van der Waals surface area contributed by atoms with Gasteiger partial charge in [-0.3, -0.25) is 0 Å². The second-order valence-electron chi connectivity index (χ2n) is 7.26. The van der Waals surface area contributed by atoms with Gasteiger partial charge in [0.25, 0.3) is 12.1 Å². The fraction of sp³-hybridized carbons (Fsp3) is 0.286. The number of aromatic nitrogens is 6. The normalized spacial score (nSPS) is 11.6. The van der Waals surface area contributed by atoms with Gasteiger partial charge >= 0.3 is 0 Å². The molecule has 3 aromatic heterocycles. The fourth-order valence-electron chi connectivity index (χ4n) is 3.29. The maximum absolute atomic E-state index is 4.61. The number of fused-ring (bicyclic) bond motifs is 1. The molecule has 6 heteroatoms. The van der Waals surface area contributed by atoms with Crippen LogP contribution < -0.4 is 4.57 Å². The van der Waals surface area contributed by atoms with E-state index in [0.29, 0.717) is 11.8 Å². The topological polar surface area (TPSA) is 60.4 Å². The van der Waals surface area contributed by atoms with Gasteiger partial charge in [0.1, 0.15) is 17.7 Å². The van der Waals surface area contributed by atoms with Crippen LogP contribution in [0.25, 0.3) is 22.4 Å². The van der Waals surface area contributed by atoms with Crippen molar-refractivity contribution in [3.63, 3.8) is 0 Å². The number of benzene rings is 1. The zero-order valence-electron chi connectivity index (χ0n) is 16.0. The second-order valence-corrected chi connectivity index (χ2v) is 7.26. The van der Waals surface area contributed by atoms with E-state index in [4.69, 9.17) is 0 Å². The summed E-state index contributed by atoms with van der Waals surface area (Å²) in [6.07, 6.45) is 7.17. The van der Waals surface area contributed by atoms with Crippen LogP contribution in [0.2, 0.25) is 0 Å². The van der Waals surface area contributed by atoms with E-state index in [1.807, 2.05) is 18.6 Å². The number of nitrogens with zero attached hydrogens (tertiary/aromatic N) is 6. The quantitative estimate of drug-likeness (QED) is 0.521. The zero-order valence-corrected chi connectivity index (χ0v) is 16.0. The maximum atomic E-state index is 4.61. The Morgan fingerprint density at radius 2 is 1.81 bits per heavy atom. The predicted octanol–water partition coefficient (Wildman–Crippen LogP) is 3.73. The van der Waals surface area contributed by atoms with Gasteiger partial charge in [0, 0.05) is 23.7 Å². The molecule has 0 atom stereocenters. The number of hydrogen-bond acceptors (Lipinski definition) is 4. The summed E-state index contributed by atoms with van der Waals surface area (Å²) >= 11 is 0. The maximum Gasteiger partial charge on any atom is 0.294 e. The van der Waals surface area contributed by atoms with Crippen molar-refractivity contribution < 1.29 is 4.57 Å². The summed E-state index contributed by atoms with van der Waals surface area (Å²) in [5.41, 5.74) is 4.25. The molecule has 0 saturated heterocycles. The van der Waals surface area contributed by atoms with Crippen molar-refractivity contribution in [2.45, 2.75) is 39.5 Å². The van der Waals surface area contributed by atoms with Crippen LogP contribution >= 0.6 is 0 Å². The van der Waals surface area contributed by atoms with Gasteiger partial charge in [-0.25, -0.2) is 14.6 Å². The van der Waals surface area contributed by atoms with Crippen molar-refractivity contribution in [1.82, 2.24) is 24.7 Å². The molecule has 0 N–H and O–H groups in total. The minimum absolute atomic E-state index is 0.328. The highest BCUT2D eigenvalue weighted by molar-refractivity contribution is 5.82. The van der Waals surface area contributed by atoms with Gasteiger partial charge in [-0.1, -0.05) is 27.7 Å². The second kappa shape index (κ2) is 6.87. The number of rotatable bonds is 4. The van der Waals surface area contributed by atoms with Crippen LogP contribution in [0.3, 0.4) is 0 Å². The lowest BCUT2D eigenvalue weighted by atomic mass is 10.0. The number of hydrogen-bond donors (Lipinski definition) is 0. The first-order valence-corrected chi connectivity index (χ1v) is 9.21. The molecule has 4 aromatic rings. The molecular formula is C21H23N6+. The molecule has 0 aliphatic carbocycles.